The van der Waals surface area contributed by atoms with Gasteiger partial charge in [-0.25, -0.2) is 17.9 Å². The number of carboxylic acids is 1. The number of alkyl halides is 3. The van der Waals surface area contributed by atoms with Crippen LogP contribution in [0.5, 0.6) is 0 Å². The topological polar surface area (TPSA) is 122 Å². The van der Waals surface area contributed by atoms with Crippen molar-refractivity contribution in [3.05, 3.63) is 47.8 Å². The Balaban J connectivity index is 2.25. The zero-order chi connectivity index (χ0) is 23.1. The standard InChI is InChI=1S/C18H15F3N4O5S/c1-24(9-15(26)27)17(28)12-8-22-25-14(18(19,20)21)7-13(23-16(12)25)10-4-3-5-11(6-10)31(2,29)30/h3-8H,9H2,1-2H3,(H,26,27). The summed E-state index contributed by atoms with van der Waals surface area (Å²) >= 11 is 0. The van der Waals surface area contributed by atoms with Crippen molar-refractivity contribution < 1.29 is 36.3 Å². The molecule has 0 saturated heterocycles. The molecular formula is C18H15F3N4O5S. The summed E-state index contributed by atoms with van der Waals surface area (Å²) in [6.07, 6.45) is -3.05. The van der Waals surface area contributed by atoms with Gasteiger partial charge < -0.3 is 10.0 Å². The van der Waals surface area contributed by atoms with Crippen molar-refractivity contribution in [1.29, 1.82) is 0 Å². The number of hydrogen-bond donors (Lipinski definition) is 1. The Kier molecular flexibility index (Phi) is 5.48. The smallest absolute Gasteiger partial charge is 0.433 e. The number of carboxylic acid groups (broad SMARTS) is 1. The third-order valence-corrected chi connectivity index (χ3v) is 5.38. The Hall–Kier alpha value is -3.48. The van der Waals surface area contributed by atoms with Crippen LogP contribution in [-0.4, -0.2) is 64.7 Å². The summed E-state index contributed by atoms with van der Waals surface area (Å²) < 4.78 is 65.0. The van der Waals surface area contributed by atoms with E-state index in [1.807, 2.05) is 0 Å². The van der Waals surface area contributed by atoms with E-state index in [-0.39, 0.29) is 21.7 Å². The minimum absolute atomic E-state index is 0.0782. The molecule has 3 aromatic rings. The van der Waals surface area contributed by atoms with Crippen LogP contribution in [0.3, 0.4) is 0 Å². The molecule has 0 aliphatic rings. The van der Waals surface area contributed by atoms with Crippen LogP contribution in [0.4, 0.5) is 13.2 Å². The average molecular weight is 456 g/mol. The third-order valence-electron chi connectivity index (χ3n) is 4.27. The number of amides is 1. The van der Waals surface area contributed by atoms with Crippen molar-refractivity contribution in [2.24, 2.45) is 0 Å². The third kappa shape index (κ3) is 4.50. The Morgan fingerprint density at radius 3 is 2.48 bits per heavy atom. The van der Waals surface area contributed by atoms with Gasteiger partial charge in [-0.1, -0.05) is 12.1 Å². The highest BCUT2D eigenvalue weighted by Gasteiger charge is 2.36. The molecule has 0 bridgehead atoms. The van der Waals surface area contributed by atoms with Crippen molar-refractivity contribution in [2.45, 2.75) is 11.1 Å². The predicted octanol–water partition coefficient (Wildman–Crippen LogP) is 1.98. The number of rotatable bonds is 5. The van der Waals surface area contributed by atoms with Crippen LogP contribution in [-0.2, 0) is 20.8 Å². The number of aromatic nitrogens is 3. The molecule has 1 amide bonds. The molecule has 0 fully saturated rings. The zero-order valence-electron chi connectivity index (χ0n) is 16.1. The van der Waals surface area contributed by atoms with Gasteiger partial charge in [-0.05, 0) is 18.2 Å². The van der Waals surface area contributed by atoms with Crippen molar-refractivity contribution in [3.8, 4) is 11.3 Å². The van der Waals surface area contributed by atoms with Crippen LogP contribution in [0.1, 0.15) is 16.1 Å². The second kappa shape index (κ2) is 7.65. The van der Waals surface area contributed by atoms with E-state index in [1.54, 1.807) is 0 Å². The maximum absolute atomic E-state index is 13.7. The molecule has 2 aromatic heterocycles. The number of likely N-dealkylation sites (N-methyl/N-ethyl adjacent to an activating group) is 1. The van der Waals surface area contributed by atoms with E-state index in [1.165, 1.54) is 31.3 Å². The van der Waals surface area contributed by atoms with Crippen LogP contribution in [0.25, 0.3) is 16.9 Å². The number of nitrogens with zero attached hydrogens (tertiary/aromatic N) is 4. The van der Waals surface area contributed by atoms with E-state index in [2.05, 4.69) is 10.1 Å². The van der Waals surface area contributed by atoms with Crippen molar-refractivity contribution in [2.75, 3.05) is 19.8 Å². The van der Waals surface area contributed by atoms with Crippen LogP contribution in [0, 0.1) is 0 Å². The summed E-state index contributed by atoms with van der Waals surface area (Å²) in [6.45, 7) is -0.682. The molecule has 13 heteroatoms. The Morgan fingerprint density at radius 1 is 1.23 bits per heavy atom. The first kappa shape index (κ1) is 22.2. The Labute approximate surface area is 173 Å². The molecule has 0 spiro atoms. The van der Waals surface area contributed by atoms with E-state index in [4.69, 9.17) is 5.11 Å². The summed E-state index contributed by atoms with van der Waals surface area (Å²) in [7, 11) is -2.46. The van der Waals surface area contributed by atoms with E-state index in [0.29, 0.717) is 10.6 Å². The molecule has 0 unspecified atom stereocenters. The number of halogens is 3. The Bertz CT molecular complexity index is 1300. The molecule has 0 saturated carbocycles. The van der Waals surface area contributed by atoms with Gasteiger partial charge in [0, 0.05) is 18.9 Å². The maximum Gasteiger partial charge on any atom is 0.433 e. The molecule has 3 rings (SSSR count). The number of benzene rings is 1. The summed E-state index contributed by atoms with van der Waals surface area (Å²) in [5.41, 5.74) is -2.18. The van der Waals surface area contributed by atoms with Gasteiger partial charge in [0.2, 0.25) is 0 Å². The first-order chi connectivity index (χ1) is 14.3. The highest BCUT2D eigenvalue weighted by molar-refractivity contribution is 7.90. The fourth-order valence-corrected chi connectivity index (χ4v) is 3.50. The molecule has 31 heavy (non-hydrogen) atoms. The fourth-order valence-electron chi connectivity index (χ4n) is 2.83. The van der Waals surface area contributed by atoms with Gasteiger partial charge in [0.1, 0.15) is 12.1 Å². The van der Waals surface area contributed by atoms with Gasteiger partial charge in [-0.15, -0.1) is 0 Å². The normalized spacial score (nSPS) is 12.2. The lowest BCUT2D eigenvalue weighted by Gasteiger charge is -2.14. The number of aliphatic carboxylic acids is 1. The van der Waals surface area contributed by atoms with Crippen molar-refractivity contribution in [1.82, 2.24) is 19.5 Å². The number of carbonyl (C=O) groups excluding carboxylic acids is 1. The molecule has 2 heterocycles. The minimum Gasteiger partial charge on any atom is -0.480 e. The number of sulfone groups is 1. The number of hydrogen-bond acceptors (Lipinski definition) is 6. The van der Waals surface area contributed by atoms with Gasteiger partial charge in [0.05, 0.1) is 16.8 Å². The maximum atomic E-state index is 13.7. The van der Waals surface area contributed by atoms with Crippen molar-refractivity contribution in [3.63, 3.8) is 0 Å². The SMILES string of the molecule is CN(CC(=O)O)C(=O)c1cnn2c(C(F)(F)F)cc(-c3cccc(S(C)(=O)=O)c3)nc12. The molecule has 0 aliphatic heterocycles. The van der Waals surface area contributed by atoms with Gasteiger partial charge in [-0.2, -0.15) is 18.3 Å². The van der Waals surface area contributed by atoms with Crippen LogP contribution >= 0.6 is 0 Å². The second-order valence-electron chi connectivity index (χ2n) is 6.67. The Morgan fingerprint density at radius 2 is 1.90 bits per heavy atom. The van der Waals surface area contributed by atoms with Gasteiger partial charge >= 0.3 is 12.1 Å². The second-order valence-corrected chi connectivity index (χ2v) is 8.69. The summed E-state index contributed by atoms with van der Waals surface area (Å²) in [6, 6.07) is 5.88. The average Bonchev–Trinajstić information content (AvgIpc) is 3.08. The summed E-state index contributed by atoms with van der Waals surface area (Å²) in [4.78, 5) is 28.2. The van der Waals surface area contributed by atoms with E-state index in [0.717, 1.165) is 17.4 Å². The lowest BCUT2D eigenvalue weighted by atomic mass is 10.1. The highest BCUT2D eigenvalue weighted by Crippen LogP contribution is 2.33. The van der Waals surface area contributed by atoms with Gasteiger partial charge in [0.15, 0.2) is 21.2 Å². The summed E-state index contributed by atoms with van der Waals surface area (Å²) in [5.74, 6) is -2.20. The molecule has 164 valence electrons. The monoisotopic (exact) mass is 456 g/mol. The lowest BCUT2D eigenvalue weighted by Crippen LogP contribution is -2.32. The largest absolute Gasteiger partial charge is 0.480 e. The van der Waals surface area contributed by atoms with E-state index < -0.39 is 45.8 Å². The van der Waals surface area contributed by atoms with Gasteiger partial charge in [0.25, 0.3) is 5.91 Å². The molecule has 0 aliphatic carbocycles. The van der Waals surface area contributed by atoms with Crippen LogP contribution in [0.2, 0.25) is 0 Å². The highest BCUT2D eigenvalue weighted by atomic mass is 32.2. The number of fused-ring (bicyclic) bond motifs is 1. The van der Waals surface area contributed by atoms with E-state index in [9.17, 15) is 31.2 Å². The van der Waals surface area contributed by atoms with E-state index >= 15 is 0 Å². The first-order valence-corrected chi connectivity index (χ1v) is 10.4. The molecule has 0 radical (unpaired) electrons. The minimum atomic E-state index is -4.87. The number of carbonyl (C=O) groups is 2. The lowest BCUT2D eigenvalue weighted by molar-refractivity contribution is -0.142. The molecule has 0 atom stereocenters. The fraction of sp³-hybridized carbons (Fsp3) is 0.222. The molecule has 1 N–H and O–H groups in total. The first-order valence-electron chi connectivity index (χ1n) is 8.53. The van der Waals surface area contributed by atoms with Gasteiger partial charge in [-0.3, -0.25) is 9.59 Å². The zero-order valence-corrected chi connectivity index (χ0v) is 16.9. The van der Waals surface area contributed by atoms with Crippen LogP contribution in [0.15, 0.2) is 41.4 Å². The van der Waals surface area contributed by atoms with Crippen LogP contribution < -0.4 is 0 Å². The quantitative estimate of drug-likeness (QED) is 0.623. The molecular weight excluding hydrogens is 441 g/mol. The molecule has 9 nitrogen and oxygen atoms in total. The van der Waals surface area contributed by atoms with Crippen molar-refractivity contribution >= 4 is 27.4 Å². The summed E-state index contributed by atoms with van der Waals surface area (Å²) in [5, 5.41) is 12.5. The predicted molar refractivity (Wildman–Crippen MR) is 101 cm³/mol. The molecule has 1 aromatic carbocycles.